The molecule has 1 aliphatic rings. The largest absolute Gasteiger partial charge is 0.463 e. The maximum Gasteiger partial charge on any atom is 0.410 e. The Labute approximate surface area is 137 Å². The van der Waals surface area contributed by atoms with Gasteiger partial charge in [0.1, 0.15) is 12.2 Å². The molecule has 6 nitrogen and oxygen atoms in total. The number of nitrogens with zero attached hydrogens (tertiary/aromatic N) is 1. The molecule has 0 radical (unpaired) electrons. The van der Waals surface area contributed by atoms with E-state index in [9.17, 15) is 14.7 Å². The molecule has 128 valence electrons. The average Bonchev–Trinajstić information content (AvgIpc) is 2.92. The van der Waals surface area contributed by atoms with Crippen molar-refractivity contribution in [3.8, 4) is 0 Å². The van der Waals surface area contributed by atoms with Gasteiger partial charge < -0.3 is 19.5 Å². The first-order valence-corrected chi connectivity index (χ1v) is 7.57. The van der Waals surface area contributed by atoms with Gasteiger partial charge in [-0.25, -0.2) is 4.79 Å². The van der Waals surface area contributed by atoms with Gasteiger partial charge in [-0.3, -0.25) is 4.79 Å². The fourth-order valence-corrected chi connectivity index (χ4v) is 1.94. The van der Waals surface area contributed by atoms with Gasteiger partial charge in [0.15, 0.2) is 0 Å². The highest BCUT2D eigenvalue weighted by Gasteiger charge is 2.28. The number of hydrogen-bond acceptors (Lipinski definition) is 5. The van der Waals surface area contributed by atoms with Crippen LogP contribution in [-0.4, -0.2) is 47.4 Å². The van der Waals surface area contributed by atoms with Gasteiger partial charge in [0.2, 0.25) is 0 Å². The van der Waals surface area contributed by atoms with E-state index in [0.29, 0.717) is 32.6 Å². The highest BCUT2D eigenvalue weighted by Crippen LogP contribution is 2.14. The minimum absolute atomic E-state index is 0.330. The van der Waals surface area contributed by atoms with Crippen LogP contribution < -0.4 is 0 Å². The van der Waals surface area contributed by atoms with Crippen LogP contribution in [0.5, 0.6) is 0 Å². The molecule has 1 aliphatic heterocycles. The molecule has 1 atom stereocenters. The summed E-state index contributed by atoms with van der Waals surface area (Å²) in [4.78, 5) is 22.7. The Bertz CT molecular complexity index is 484. The summed E-state index contributed by atoms with van der Waals surface area (Å²) in [6.07, 6.45) is -0.0595. The quantitative estimate of drug-likeness (QED) is 0.864. The van der Waals surface area contributed by atoms with Crippen molar-refractivity contribution in [2.75, 3.05) is 13.1 Å². The predicted molar refractivity (Wildman–Crippen MR) is 85.7 cm³/mol. The molecule has 6 heteroatoms. The molecule has 23 heavy (non-hydrogen) atoms. The monoisotopic (exact) mass is 323 g/mol. The second-order valence-corrected chi connectivity index (χ2v) is 6.26. The van der Waals surface area contributed by atoms with Gasteiger partial charge in [-0.05, 0) is 32.8 Å². The Kier molecular flexibility index (Phi) is 7.54. The number of aliphatic hydroxyl groups is 1. The van der Waals surface area contributed by atoms with Crippen LogP contribution in [0, 0.1) is 0 Å². The maximum absolute atomic E-state index is 11.4. The van der Waals surface area contributed by atoms with Crippen LogP contribution in [0.4, 0.5) is 4.79 Å². The molecule has 1 aromatic carbocycles. The fourth-order valence-electron chi connectivity index (χ4n) is 1.94. The van der Waals surface area contributed by atoms with Gasteiger partial charge in [-0.15, -0.1) is 0 Å². The van der Waals surface area contributed by atoms with Crippen molar-refractivity contribution < 1.29 is 24.2 Å². The van der Waals surface area contributed by atoms with Gasteiger partial charge in [0, 0.05) is 13.1 Å². The molecule has 1 aromatic rings. The first-order chi connectivity index (χ1) is 10.8. The molecule has 1 heterocycles. The summed E-state index contributed by atoms with van der Waals surface area (Å²) in [6, 6.07) is 9.55. The number of hydrogen-bond donors (Lipinski definition) is 1. The molecule has 0 saturated carbocycles. The molecule has 1 unspecified atom stereocenters. The lowest BCUT2D eigenvalue weighted by Gasteiger charge is -2.24. The molecule has 1 saturated heterocycles. The van der Waals surface area contributed by atoms with Crippen LogP contribution in [0.15, 0.2) is 30.3 Å². The van der Waals surface area contributed by atoms with E-state index in [4.69, 9.17) is 4.74 Å². The molecule has 2 rings (SSSR count). The second kappa shape index (κ2) is 9.15. The van der Waals surface area contributed by atoms with E-state index in [1.165, 1.54) is 4.90 Å². The number of rotatable bonds is 3. The standard InChI is InChI=1S/C9H17NO3.C8H8O2/c1-9(2,3)13-8(12)10-5-4-7(11)6-10;9-7-10-6-8-4-2-1-3-5-8/h7,11H,4-6H2,1-3H3;1-5,7H,6H2. The molecular formula is C17H25NO5. The molecule has 1 amide bonds. The molecule has 0 bridgehead atoms. The Morgan fingerprint density at radius 1 is 1.35 bits per heavy atom. The Morgan fingerprint density at radius 3 is 2.48 bits per heavy atom. The van der Waals surface area contributed by atoms with Crippen molar-refractivity contribution in [1.82, 2.24) is 4.90 Å². The topological polar surface area (TPSA) is 76.1 Å². The zero-order chi connectivity index (χ0) is 17.3. The second-order valence-electron chi connectivity index (χ2n) is 6.26. The predicted octanol–water partition coefficient (Wildman–Crippen LogP) is 2.35. The summed E-state index contributed by atoms with van der Waals surface area (Å²) >= 11 is 0. The van der Waals surface area contributed by atoms with Crippen molar-refractivity contribution in [3.05, 3.63) is 35.9 Å². The number of carbonyl (C=O) groups excluding carboxylic acids is 2. The van der Waals surface area contributed by atoms with Crippen LogP contribution >= 0.6 is 0 Å². The molecular weight excluding hydrogens is 298 g/mol. The highest BCUT2D eigenvalue weighted by atomic mass is 16.6. The Morgan fingerprint density at radius 2 is 2.00 bits per heavy atom. The zero-order valence-electron chi connectivity index (χ0n) is 13.9. The van der Waals surface area contributed by atoms with E-state index in [-0.39, 0.29) is 12.2 Å². The van der Waals surface area contributed by atoms with Crippen LogP contribution in [0.3, 0.4) is 0 Å². The van der Waals surface area contributed by atoms with E-state index in [2.05, 4.69) is 4.74 Å². The number of carbonyl (C=O) groups is 2. The summed E-state index contributed by atoms with van der Waals surface area (Å²) in [6.45, 7) is 7.30. The van der Waals surface area contributed by atoms with Crippen LogP contribution in [0.2, 0.25) is 0 Å². The molecule has 0 spiro atoms. The third kappa shape index (κ3) is 8.21. The van der Waals surface area contributed by atoms with Crippen molar-refractivity contribution in [1.29, 1.82) is 0 Å². The first kappa shape index (κ1) is 19.0. The molecule has 0 aliphatic carbocycles. The number of likely N-dealkylation sites (tertiary alicyclic amines) is 1. The minimum Gasteiger partial charge on any atom is -0.463 e. The fraction of sp³-hybridized carbons (Fsp3) is 0.529. The van der Waals surface area contributed by atoms with E-state index in [1.807, 2.05) is 51.1 Å². The number of benzene rings is 1. The van der Waals surface area contributed by atoms with Crippen molar-refractivity contribution in [3.63, 3.8) is 0 Å². The smallest absolute Gasteiger partial charge is 0.410 e. The van der Waals surface area contributed by atoms with Gasteiger partial charge in [0.25, 0.3) is 6.47 Å². The van der Waals surface area contributed by atoms with Crippen LogP contribution in [0.1, 0.15) is 32.8 Å². The number of aliphatic hydroxyl groups excluding tert-OH is 1. The maximum atomic E-state index is 11.4. The normalized spacial score (nSPS) is 17.0. The average molecular weight is 323 g/mol. The van der Waals surface area contributed by atoms with Crippen molar-refractivity contribution >= 4 is 12.6 Å². The first-order valence-electron chi connectivity index (χ1n) is 7.57. The van der Waals surface area contributed by atoms with E-state index < -0.39 is 5.60 Å². The van der Waals surface area contributed by atoms with Gasteiger partial charge in [-0.2, -0.15) is 0 Å². The third-order valence-electron chi connectivity index (χ3n) is 2.98. The van der Waals surface area contributed by atoms with Gasteiger partial charge in [-0.1, -0.05) is 30.3 Å². The summed E-state index contributed by atoms with van der Waals surface area (Å²) in [5.41, 5.74) is 0.555. The zero-order valence-corrected chi connectivity index (χ0v) is 13.9. The lowest BCUT2D eigenvalue weighted by atomic mass is 10.2. The number of amides is 1. The van der Waals surface area contributed by atoms with Crippen molar-refractivity contribution in [2.24, 2.45) is 0 Å². The van der Waals surface area contributed by atoms with Crippen LogP contribution in [0.25, 0.3) is 0 Å². The number of ether oxygens (including phenoxy) is 2. The minimum atomic E-state index is -0.454. The molecule has 1 N–H and O–H groups in total. The molecule has 1 fully saturated rings. The SMILES string of the molecule is CC(C)(C)OC(=O)N1CCC(O)C1.O=COCc1ccccc1. The summed E-state index contributed by atoms with van der Waals surface area (Å²) in [7, 11) is 0. The number of β-amino-alcohol motifs (C(OH)–C–C–N with tert-alkyl or cyclic N) is 1. The van der Waals surface area contributed by atoms with Crippen LogP contribution in [-0.2, 0) is 20.9 Å². The summed E-state index contributed by atoms with van der Waals surface area (Å²) in [5.74, 6) is 0. The highest BCUT2D eigenvalue weighted by molar-refractivity contribution is 5.68. The lowest BCUT2D eigenvalue weighted by molar-refractivity contribution is -0.129. The lowest BCUT2D eigenvalue weighted by Crippen LogP contribution is -2.35. The third-order valence-corrected chi connectivity index (χ3v) is 2.98. The summed E-state index contributed by atoms with van der Waals surface area (Å²) in [5, 5.41) is 9.20. The van der Waals surface area contributed by atoms with E-state index in [1.54, 1.807) is 0 Å². The molecule has 0 aromatic heterocycles. The van der Waals surface area contributed by atoms with Gasteiger partial charge >= 0.3 is 6.09 Å². The Balaban J connectivity index is 0.000000238. The van der Waals surface area contributed by atoms with Crippen molar-refractivity contribution in [2.45, 2.75) is 45.5 Å². The van der Waals surface area contributed by atoms with E-state index in [0.717, 1.165) is 5.56 Å². The Hall–Kier alpha value is -2.08. The van der Waals surface area contributed by atoms with E-state index >= 15 is 0 Å². The summed E-state index contributed by atoms with van der Waals surface area (Å²) < 4.78 is 9.68. The van der Waals surface area contributed by atoms with Gasteiger partial charge in [0.05, 0.1) is 6.10 Å².